The van der Waals surface area contributed by atoms with E-state index >= 15 is 0 Å². The number of aromatic nitrogens is 4. The van der Waals surface area contributed by atoms with Crippen molar-refractivity contribution in [3.63, 3.8) is 0 Å². The minimum Gasteiger partial charge on any atom is -0.453 e. The monoisotopic (exact) mass is 721 g/mol. The van der Waals surface area contributed by atoms with E-state index in [2.05, 4.69) is 62.7 Å². The van der Waals surface area contributed by atoms with E-state index in [1.807, 2.05) is 45.7 Å². The number of ether oxygens (including phenoxy) is 2. The van der Waals surface area contributed by atoms with Crippen molar-refractivity contribution < 1.29 is 23.9 Å². The number of hydrogen-bond donors (Lipinski definition) is 3. The largest absolute Gasteiger partial charge is 0.453 e. The third kappa shape index (κ3) is 7.54. The van der Waals surface area contributed by atoms with Crippen molar-refractivity contribution in [3.8, 4) is 33.6 Å². The summed E-state index contributed by atoms with van der Waals surface area (Å²) >= 11 is 0. The number of carbonyl (C=O) groups excluding carboxylic acids is 3. The van der Waals surface area contributed by atoms with Crippen molar-refractivity contribution in [3.05, 3.63) is 71.6 Å². The van der Waals surface area contributed by atoms with Crippen LogP contribution in [0, 0.1) is 5.92 Å². The summed E-state index contributed by atoms with van der Waals surface area (Å²) in [7, 11) is 1.31. The Morgan fingerprint density at radius 3 is 2.25 bits per heavy atom. The molecule has 4 heterocycles. The van der Waals surface area contributed by atoms with Crippen LogP contribution in [0.4, 0.5) is 9.59 Å². The van der Waals surface area contributed by atoms with Gasteiger partial charge in [0.2, 0.25) is 5.91 Å². The zero-order valence-corrected chi connectivity index (χ0v) is 31.6. The van der Waals surface area contributed by atoms with Crippen molar-refractivity contribution in [2.24, 2.45) is 5.92 Å². The van der Waals surface area contributed by atoms with Gasteiger partial charge in [-0.3, -0.25) is 9.69 Å². The minimum absolute atomic E-state index is 0.0906. The van der Waals surface area contributed by atoms with Gasteiger partial charge in [-0.05, 0) is 93.9 Å². The zero-order valence-electron chi connectivity index (χ0n) is 31.6. The van der Waals surface area contributed by atoms with E-state index in [1.165, 1.54) is 12.7 Å². The van der Waals surface area contributed by atoms with Crippen LogP contribution in [-0.2, 0) is 27.1 Å². The summed E-state index contributed by atoms with van der Waals surface area (Å²) < 4.78 is 10.4. The van der Waals surface area contributed by atoms with Gasteiger partial charge >= 0.3 is 12.2 Å². The normalized spacial score (nSPS) is 19.1. The Morgan fingerprint density at radius 2 is 1.55 bits per heavy atom. The molecule has 3 N–H and O–H groups in total. The molecule has 53 heavy (non-hydrogen) atoms. The Balaban J connectivity index is 1.07. The Hall–Kier alpha value is -5.13. The highest BCUT2D eigenvalue weighted by atomic mass is 16.6. The predicted octanol–water partition coefficient (Wildman–Crippen LogP) is 7.74. The predicted molar refractivity (Wildman–Crippen MR) is 202 cm³/mol. The molecule has 2 aliphatic heterocycles. The average molecular weight is 722 g/mol. The van der Waals surface area contributed by atoms with Gasteiger partial charge in [-0.2, -0.15) is 0 Å². The molecule has 1 unspecified atom stereocenters. The lowest BCUT2D eigenvalue weighted by molar-refractivity contribution is -0.135. The van der Waals surface area contributed by atoms with E-state index in [-0.39, 0.29) is 30.0 Å². The van der Waals surface area contributed by atoms with Gasteiger partial charge in [0.25, 0.3) is 0 Å². The van der Waals surface area contributed by atoms with Gasteiger partial charge in [-0.1, -0.05) is 56.3 Å². The molecule has 2 fully saturated rings. The van der Waals surface area contributed by atoms with Gasteiger partial charge in [0.1, 0.15) is 23.3 Å². The highest BCUT2D eigenvalue weighted by molar-refractivity contribution is 5.86. The summed E-state index contributed by atoms with van der Waals surface area (Å²) in [5, 5.41) is 2.73. The van der Waals surface area contributed by atoms with Crippen molar-refractivity contribution in [2.75, 3.05) is 20.2 Å². The summed E-state index contributed by atoms with van der Waals surface area (Å²) in [6.45, 7) is 10.8. The number of aryl methyl sites for hydroxylation is 2. The number of aromatic amines is 2. The molecule has 2 saturated heterocycles. The maximum Gasteiger partial charge on any atom is 0.410 e. The first-order valence-corrected chi connectivity index (χ1v) is 18.9. The summed E-state index contributed by atoms with van der Waals surface area (Å²) in [4.78, 5) is 59.2. The molecule has 3 aliphatic rings. The standard InChI is InChI=1S/C41H51N7O5/c1-24(2)34(46-39(50)52-6)38(49)47-20-8-13-33(47)37-43-30-11-7-10-28-22-27(18-19-29(28)35(30)45-37)25-14-16-26(17-15-25)31-23-42-36(44-31)32-12-9-21-48(32)40(51)53-41(3,4)5/h14-19,22-24,32-34H,7-13,20-21H2,1-6H3,(H,42,44)(H,43,45)(H,46,50)/t32?,33-,34-/m0/s1. The lowest BCUT2D eigenvalue weighted by atomic mass is 9.95. The van der Waals surface area contributed by atoms with Crippen LogP contribution in [0.3, 0.4) is 0 Å². The van der Waals surface area contributed by atoms with E-state index in [0.717, 1.165) is 95.9 Å². The number of nitrogens with zero attached hydrogens (tertiary/aromatic N) is 4. The number of methoxy groups -OCH3 is 1. The fraction of sp³-hybridized carbons (Fsp3) is 0.488. The Kier molecular flexibility index (Phi) is 10.1. The second-order valence-electron chi connectivity index (χ2n) is 15.8. The lowest BCUT2D eigenvalue weighted by Gasteiger charge is -2.30. The molecule has 0 spiro atoms. The second kappa shape index (κ2) is 14.7. The van der Waals surface area contributed by atoms with Gasteiger partial charge in [-0.15, -0.1) is 0 Å². The number of carbonyl (C=O) groups is 3. The molecule has 3 amide bonds. The third-order valence-electron chi connectivity index (χ3n) is 10.6. The number of fused-ring (bicyclic) bond motifs is 3. The average Bonchev–Trinajstić information content (AvgIpc) is 3.95. The fourth-order valence-electron chi connectivity index (χ4n) is 7.94. The van der Waals surface area contributed by atoms with Gasteiger partial charge in [0.05, 0.1) is 36.8 Å². The van der Waals surface area contributed by atoms with Gasteiger partial charge in [0, 0.05) is 24.3 Å². The van der Waals surface area contributed by atoms with Crippen LogP contribution in [0.5, 0.6) is 0 Å². The van der Waals surface area contributed by atoms with Crippen molar-refractivity contribution in [1.29, 1.82) is 0 Å². The first-order valence-electron chi connectivity index (χ1n) is 18.9. The first kappa shape index (κ1) is 36.2. The molecule has 12 heteroatoms. The Bertz CT molecular complexity index is 1970. The zero-order chi connectivity index (χ0) is 37.4. The minimum atomic E-state index is -0.672. The van der Waals surface area contributed by atoms with Crippen LogP contribution in [-0.4, -0.2) is 79.7 Å². The fourth-order valence-corrected chi connectivity index (χ4v) is 7.94. The van der Waals surface area contributed by atoms with Crippen molar-refractivity contribution in [1.82, 2.24) is 35.1 Å². The van der Waals surface area contributed by atoms with Gasteiger partial charge in [-0.25, -0.2) is 19.6 Å². The first-order chi connectivity index (χ1) is 25.4. The van der Waals surface area contributed by atoms with Crippen molar-refractivity contribution >= 4 is 18.1 Å². The molecule has 0 radical (unpaired) electrons. The third-order valence-corrected chi connectivity index (χ3v) is 10.6. The Labute approximate surface area is 311 Å². The summed E-state index contributed by atoms with van der Waals surface area (Å²) in [5.74, 6) is 1.39. The number of H-pyrrole nitrogens is 2. The van der Waals surface area contributed by atoms with E-state index in [1.54, 1.807) is 4.90 Å². The topological polar surface area (TPSA) is 146 Å². The molecule has 2 aromatic heterocycles. The molecule has 1 aliphatic carbocycles. The molecule has 12 nitrogen and oxygen atoms in total. The van der Waals surface area contributed by atoms with Crippen LogP contribution < -0.4 is 5.32 Å². The quantitative estimate of drug-likeness (QED) is 0.177. The van der Waals surface area contributed by atoms with Crippen molar-refractivity contribution in [2.45, 2.75) is 103 Å². The van der Waals surface area contributed by atoms with E-state index in [4.69, 9.17) is 14.5 Å². The number of likely N-dealkylation sites (tertiary alicyclic amines) is 2. The summed E-state index contributed by atoms with van der Waals surface area (Å²) in [6, 6.07) is 14.1. The molecule has 7 rings (SSSR count). The molecule has 4 aromatic rings. The Morgan fingerprint density at radius 1 is 0.868 bits per heavy atom. The second-order valence-corrected chi connectivity index (χ2v) is 15.8. The SMILES string of the molecule is COC(=O)N[C@H](C(=O)N1CCC[C@H]1c1nc2c([nH]1)CCCc1cc(-c3ccc(-c4cnc(C5CCCN5C(=O)OC(C)(C)C)[nH]4)cc3)ccc1-2)C(C)C. The van der Waals surface area contributed by atoms with Crippen LogP contribution >= 0.6 is 0 Å². The number of hydrogen-bond acceptors (Lipinski definition) is 7. The number of imidazole rings is 2. The van der Waals surface area contributed by atoms with E-state index in [0.29, 0.717) is 13.1 Å². The van der Waals surface area contributed by atoms with Gasteiger partial charge < -0.3 is 29.7 Å². The molecule has 0 bridgehead atoms. The molecular formula is C41H51N7O5. The van der Waals surface area contributed by atoms with Crippen LogP contribution in [0.2, 0.25) is 0 Å². The maximum atomic E-state index is 13.7. The number of nitrogens with one attached hydrogen (secondary N) is 3. The van der Waals surface area contributed by atoms with Gasteiger partial charge in [0.15, 0.2) is 0 Å². The van der Waals surface area contributed by atoms with Crippen LogP contribution in [0.1, 0.15) is 102 Å². The van der Waals surface area contributed by atoms with E-state index in [9.17, 15) is 14.4 Å². The van der Waals surface area contributed by atoms with Crippen LogP contribution in [0.15, 0.2) is 48.7 Å². The highest BCUT2D eigenvalue weighted by Gasteiger charge is 2.38. The smallest absolute Gasteiger partial charge is 0.410 e. The molecule has 280 valence electrons. The number of rotatable bonds is 7. The number of amides is 3. The highest BCUT2D eigenvalue weighted by Crippen LogP contribution is 2.39. The molecular weight excluding hydrogens is 670 g/mol. The van der Waals surface area contributed by atoms with E-state index < -0.39 is 17.7 Å². The molecule has 2 aromatic carbocycles. The number of benzene rings is 2. The summed E-state index contributed by atoms with van der Waals surface area (Å²) in [5.41, 5.74) is 8.11. The summed E-state index contributed by atoms with van der Waals surface area (Å²) in [6.07, 6.45) is 7.20. The van der Waals surface area contributed by atoms with Crippen LogP contribution in [0.25, 0.3) is 33.6 Å². The maximum absolute atomic E-state index is 13.7. The molecule has 0 saturated carbocycles. The molecule has 3 atom stereocenters. The number of alkyl carbamates (subject to hydrolysis) is 1. The lowest BCUT2D eigenvalue weighted by Crippen LogP contribution is -2.51.